The van der Waals surface area contributed by atoms with Gasteiger partial charge in [0, 0.05) is 64.1 Å². The van der Waals surface area contributed by atoms with Gasteiger partial charge in [-0.3, -0.25) is 14.4 Å². The second kappa shape index (κ2) is 15.7. The van der Waals surface area contributed by atoms with E-state index in [1.54, 1.807) is 9.80 Å². The number of quaternary nitrogens is 1. The second-order valence-electron chi connectivity index (χ2n) is 16.4. The monoisotopic (exact) mass is 782 g/mol. The predicted molar refractivity (Wildman–Crippen MR) is 201 cm³/mol. The van der Waals surface area contributed by atoms with E-state index in [1.165, 1.54) is 43.1 Å². The van der Waals surface area contributed by atoms with Crippen LogP contribution in [-0.2, 0) is 19.8 Å². The van der Waals surface area contributed by atoms with Gasteiger partial charge in [0.2, 0.25) is 17.7 Å². The molecule has 0 radical (unpaired) electrons. The SMILES string of the molecule is CC1[C@H](CNC(=O)[C@H]2CCCN2C(=O)[C@@H]2C[C@@H](O)CN2C(=O)CC(c2ccccc2)(c2ccccc2)c2ccccc2)CCC[N+]1(C1CC1)C1CC1.[Br-]. The summed E-state index contributed by atoms with van der Waals surface area (Å²) in [7, 11) is 0. The van der Waals surface area contributed by atoms with Crippen molar-refractivity contribution in [2.75, 3.05) is 26.2 Å². The van der Waals surface area contributed by atoms with E-state index in [0.717, 1.165) is 41.6 Å². The number of halogens is 1. The van der Waals surface area contributed by atoms with Gasteiger partial charge in [0.1, 0.15) is 12.1 Å². The maximum atomic E-state index is 14.7. The first-order valence-corrected chi connectivity index (χ1v) is 19.9. The number of aliphatic hydroxyl groups excluding tert-OH is 1. The predicted octanol–water partition coefficient (Wildman–Crippen LogP) is 2.42. The van der Waals surface area contributed by atoms with Crippen LogP contribution in [0.2, 0.25) is 0 Å². The quantitative estimate of drug-likeness (QED) is 0.231. The molecule has 2 saturated carbocycles. The minimum Gasteiger partial charge on any atom is -1.00 e. The summed E-state index contributed by atoms with van der Waals surface area (Å²) in [6.45, 7) is 4.95. The first kappa shape index (κ1) is 37.8. The highest BCUT2D eigenvalue weighted by Gasteiger charge is 2.59. The summed E-state index contributed by atoms with van der Waals surface area (Å²) >= 11 is 0. The fourth-order valence-corrected chi connectivity index (χ4v) is 10.6. The van der Waals surface area contributed by atoms with Gasteiger partial charge in [0.25, 0.3) is 0 Å². The smallest absolute Gasteiger partial charge is 0.246 e. The van der Waals surface area contributed by atoms with E-state index in [-0.39, 0.29) is 54.1 Å². The number of rotatable bonds is 11. The number of piperidine rings is 1. The zero-order valence-electron chi connectivity index (χ0n) is 31.0. The van der Waals surface area contributed by atoms with Crippen molar-refractivity contribution in [2.24, 2.45) is 5.92 Å². The molecule has 3 aliphatic heterocycles. The zero-order chi connectivity index (χ0) is 35.9. The molecule has 53 heavy (non-hydrogen) atoms. The molecule has 9 heteroatoms. The van der Waals surface area contributed by atoms with Gasteiger partial charge >= 0.3 is 0 Å². The molecule has 2 N–H and O–H groups in total. The van der Waals surface area contributed by atoms with Gasteiger partial charge in [-0.1, -0.05) is 91.0 Å². The van der Waals surface area contributed by atoms with Gasteiger partial charge in [-0.15, -0.1) is 0 Å². The van der Waals surface area contributed by atoms with Gasteiger partial charge < -0.3 is 41.7 Å². The molecule has 0 bridgehead atoms. The third-order valence-corrected chi connectivity index (χ3v) is 13.5. The number of carbonyl (C=O) groups is 3. The molecule has 3 heterocycles. The molecule has 0 aromatic heterocycles. The molecule has 282 valence electrons. The number of likely N-dealkylation sites (tertiary alicyclic amines) is 3. The number of amides is 3. The Morgan fingerprint density at radius 3 is 1.83 bits per heavy atom. The molecule has 8 rings (SSSR count). The number of aliphatic hydroxyl groups is 1. The Balaban J connectivity index is 0.00000435. The lowest BCUT2D eigenvalue weighted by Gasteiger charge is -2.51. The van der Waals surface area contributed by atoms with Crippen molar-refractivity contribution in [3.8, 4) is 0 Å². The molecule has 2 aliphatic carbocycles. The van der Waals surface area contributed by atoms with Gasteiger partial charge in [0.15, 0.2) is 0 Å². The second-order valence-corrected chi connectivity index (χ2v) is 16.4. The van der Waals surface area contributed by atoms with E-state index >= 15 is 0 Å². The van der Waals surface area contributed by atoms with E-state index in [1.807, 2.05) is 54.6 Å². The van der Waals surface area contributed by atoms with Crippen molar-refractivity contribution in [1.29, 1.82) is 0 Å². The number of hydrogen-bond acceptors (Lipinski definition) is 4. The van der Waals surface area contributed by atoms with Crippen molar-refractivity contribution in [1.82, 2.24) is 15.1 Å². The highest BCUT2D eigenvalue weighted by Crippen LogP contribution is 2.50. The lowest BCUT2D eigenvalue weighted by Crippen LogP contribution is -3.00. The molecule has 3 amide bonds. The first-order chi connectivity index (χ1) is 25.3. The van der Waals surface area contributed by atoms with Crippen molar-refractivity contribution in [3.63, 3.8) is 0 Å². The average Bonchev–Trinajstić information content (AvgIpc) is 4.12. The normalized spacial score (nSPS) is 26.9. The van der Waals surface area contributed by atoms with Crippen LogP contribution in [0.15, 0.2) is 91.0 Å². The maximum absolute atomic E-state index is 14.7. The molecule has 3 aromatic carbocycles. The van der Waals surface area contributed by atoms with Crippen LogP contribution in [-0.4, -0.2) is 99.6 Å². The van der Waals surface area contributed by atoms with Crippen LogP contribution in [0.4, 0.5) is 0 Å². The highest BCUT2D eigenvalue weighted by atomic mass is 79.9. The molecule has 1 unspecified atom stereocenters. The van der Waals surface area contributed by atoms with E-state index in [9.17, 15) is 19.5 Å². The van der Waals surface area contributed by atoms with Gasteiger partial charge in [-0.05, 0) is 49.3 Å². The summed E-state index contributed by atoms with van der Waals surface area (Å²) in [5, 5.41) is 14.3. The van der Waals surface area contributed by atoms with Crippen LogP contribution in [0.1, 0.15) is 87.8 Å². The average molecular weight is 784 g/mol. The summed E-state index contributed by atoms with van der Waals surface area (Å²) < 4.78 is 1.28. The maximum Gasteiger partial charge on any atom is 0.246 e. The Kier molecular flexibility index (Phi) is 11.2. The molecule has 5 aliphatic rings. The molecule has 0 spiro atoms. The van der Waals surface area contributed by atoms with Crippen LogP contribution in [0.5, 0.6) is 0 Å². The Labute approximate surface area is 325 Å². The number of benzene rings is 3. The number of β-amino-alcohol motifs (C(OH)–C–C–N with tert-alkyl or cyclic N) is 1. The topological polar surface area (TPSA) is 89.9 Å². The van der Waals surface area contributed by atoms with Crippen molar-refractivity contribution in [2.45, 2.75) is 113 Å². The Bertz CT molecular complexity index is 1630. The molecule has 3 aromatic rings. The summed E-state index contributed by atoms with van der Waals surface area (Å²) in [6.07, 6.45) is 8.57. The first-order valence-electron chi connectivity index (χ1n) is 19.9. The zero-order valence-corrected chi connectivity index (χ0v) is 32.6. The molecule has 5 atom stereocenters. The van der Waals surface area contributed by atoms with E-state index in [4.69, 9.17) is 0 Å². The molecule has 3 saturated heterocycles. The number of nitrogens with zero attached hydrogens (tertiary/aromatic N) is 3. The van der Waals surface area contributed by atoms with E-state index in [0.29, 0.717) is 31.5 Å². The lowest BCUT2D eigenvalue weighted by molar-refractivity contribution is -0.977. The van der Waals surface area contributed by atoms with Crippen molar-refractivity contribution in [3.05, 3.63) is 108 Å². The van der Waals surface area contributed by atoms with Crippen LogP contribution < -0.4 is 22.3 Å². The highest BCUT2D eigenvalue weighted by molar-refractivity contribution is 5.93. The number of carbonyl (C=O) groups excluding carboxylic acids is 3. The third-order valence-electron chi connectivity index (χ3n) is 13.5. The lowest BCUT2D eigenvalue weighted by atomic mass is 9.67. The van der Waals surface area contributed by atoms with Crippen molar-refractivity contribution < 1.29 is 41.0 Å². The number of nitrogens with one attached hydrogen (secondary N) is 1. The van der Waals surface area contributed by atoms with E-state index < -0.39 is 23.6 Å². The molecular formula is C44H55BrN4O4. The van der Waals surface area contributed by atoms with Gasteiger partial charge in [0.05, 0.1) is 36.2 Å². The van der Waals surface area contributed by atoms with Gasteiger partial charge in [-0.2, -0.15) is 0 Å². The summed E-state index contributed by atoms with van der Waals surface area (Å²) in [5.74, 6) is -0.0451. The van der Waals surface area contributed by atoms with Gasteiger partial charge in [-0.25, -0.2) is 0 Å². The largest absolute Gasteiger partial charge is 1.00 e. The summed E-state index contributed by atoms with van der Waals surface area (Å²) in [5.41, 5.74) is 2.13. The fourth-order valence-electron chi connectivity index (χ4n) is 10.6. The third kappa shape index (κ3) is 7.09. The van der Waals surface area contributed by atoms with Crippen molar-refractivity contribution >= 4 is 17.7 Å². The molecule has 8 nitrogen and oxygen atoms in total. The minimum atomic E-state index is -0.816. The standard InChI is InChI=1S/C44H54N4O4.BrH/c1-31-32(13-12-26-48(31,36-21-22-36)37-23-24-37)29-45-42(51)39-20-11-25-46(39)43(52)40-27-38(49)30-47(40)41(50)28-44(33-14-5-2-6-15-33,34-16-7-3-8-17-34)35-18-9-4-10-19-35;/h2-10,14-19,31-32,36-40,49H,11-13,20-30H2,1H3;1H/t31?,32-,38+,39+,40-;/m0./s1. The number of hydrogen-bond donors (Lipinski definition) is 2. The van der Waals surface area contributed by atoms with Crippen LogP contribution >= 0.6 is 0 Å². The minimum absolute atomic E-state index is 0. The fraction of sp³-hybridized carbons (Fsp3) is 0.523. The Morgan fingerprint density at radius 1 is 0.755 bits per heavy atom. The Hall–Kier alpha value is -3.53. The van der Waals surface area contributed by atoms with Crippen LogP contribution in [0.3, 0.4) is 0 Å². The summed E-state index contributed by atoms with van der Waals surface area (Å²) in [4.78, 5) is 46.3. The molecular weight excluding hydrogens is 728 g/mol. The van der Waals surface area contributed by atoms with Crippen LogP contribution in [0, 0.1) is 5.92 Å². The summed E-state index contributed by atoms with van der Waals surface area (Å²) in [6, 6.07) is 31.1. The van der Waals surface area contributed by atoms with Crippen LogP contribution in [0.25, 0.3) is 0 Å². The van der Waals surface area contributed by atoms with E-state index in [2.05, 4.69) is 48.6 Å². The Morgan fingerprint density at radius 2 is 1.30 bits per heavy atom. The molecule has 5 fully saturated rings.